The molecule has 2 N–H and O–H groups in total. The van der Waals surface area contributed by atoms with Gasteiger partial charge >= 0.3 is 49.1 Å². The van der Waals surface area contributed by atoms with E-state index in [1.165, 1.54) is 0 Å². The SMILES string of the molecule is O=[Si](O)OS(=O)(=O)O.[AlH3].[NaH]. The molecule has 0 saturated heterocycles. The molecule has 0 aliphatic carbocycles. The van der Waals surface area contributed by atoms with E-state index in [-0.39, 0.29) is 46.9 Å². The van der Waals surface area contributed by atoms with Gasteiger partial charge in [-0.1, -0.05) is 0 Å². The van der Waals surface area contributed by atoms with Crippen LogP contribution in [0.25, 0.3) is 0 Å². The summed E-state index contributed by atoms with van der Waals surface area (Å²) in [4.78, 5) is 7.67. The van der Waals surface area contributed by atoms with Crippen molar-refractivity contribution >= 4 is 66.5 Å². The summed E-state index contributed by atoms with van der Waals surface area (Å²) in [6.45, 7) is 0. The van der Waals surface area contributed by atoms with Crippen molar-refractivity contribution in [2.45, 2.75) is 0 Å². The molecule has 0 heterocycles. The van der Waals surface area contributed by atoms with Crippen molar-refractivity contribution in [3.05, 3.63) is 0 Å². The van der Waals surface area contributed by atoms with Gasteiger partial charge in [-0.15, -0.1) is 0 Å². The first-order valence-electron chi connectivity index (χ1n) is 1.31. The Hall–Kier alpha value is 1.06. The minimum atomic E-state index is -4.74. The molecule has 0 aromatic rings. The molecular weight excluding hydrogens is 206 g/mol. The molecule has 0 saturated carbocycles. The molecule has 10 heavy (non-hydrogen) atoms. The molecule has 0 unspecified atom stereocenters. The van der Waals surface area contributed by atoms with E-state index >= 15 is 0 Å². The summed E-state index contributed by atoms with van der Waals surface area (Å²) in [6, 6.07) is 0. The Bertz CT molecular complexity index is 184. The first kappa shape index (κ1) is 17.2. The van der Waals surface area contributed by atoms with Gasteiger partial charge in [-0.05, 0) is 0 Å². The number of hydrogen-bond donors (Lipinski definition) is 2. The van der Waals surface area contributed by atoms with Gasteiger partial charge in [-0.3, -0.25) is 9.01 Å². The molecule has 6 nitrogen and oxygen atoms in total. The van der Waals surface area contributed by atoms with Gasteiger partial charge in [0.05, 0.1) is 0 Å². The molecule has 0 aliphatic rings. The predicted molar refractivity (Wildman–Crippen MR) is 38.4 cm³/mol. The summed E-state index contributed by atoms with van der Waals surface area (Å²) < 4.78 is 39.0. The van der Waals surface area contributed by atoms with Crippen LogP contribution in [-0.2, 0) is 18.7 Å². The molecule has 0 fully saturated rings. The van der Waals surface area contributed by atoms with Crippen LogP contribution in [0.4, 0.5) is 0 Å². The Morgan fingerprint density at radius 2 is 1.70 bits per heavy atom. The molecule has 0 atom stereocenters. The van der Waals surface area contributed by atoms with E-state index in [0.717, 1.165) is 0 Å². The van der Waals surface area contributed by atoms with Gasteiger partial charge in [0, 0.05) is 0 Å². The summed E-state index contributed by atoms with van der Waals surface area (Å²) in [6.07, 6.45) is 0. The van der Waals surface area contributed by atoms with Crippen LogP contribution in [0.3, 0.4) is 0 Å². The fourth-order valence-electron chi connectivity index (χ4n) is 0.0901. The van der Waals surface area contributed by atoms with Crippen LogP contribution in [0, 0.1) is 0 Å². The number of rotatable bonds is 2. The van der Waals surface area contributed by atoms with Gasteiger partial charge in [-0.25, -0.2) is 0 Å². The summed E-state index contributed by atoms with van der Waals surface area (Å²) in [5.41, 5.74) is 0. The van der Waals surface area contributed by atoms with Crippen molar-refractivity contribution in [2.75, 3.05) is 0 Å². The monoisotopic (exact) mass is 212 g/mol. The van der Waals surface area contributed by atoms with Crippen LogP contribution in [0.2, 0.25) is 0 Å². The van der Waals surface area contributed by atoms with Gasteiger partial charge in [0.25, 0.3) is 0 Å². The van der Waals surface area contributed by atoms with Crippen LogP contribution < -0.4 is 0 Å². The molecule has 0 radical (unpaired) electrons. The molecule has 0 aromatic carbocycles. The van der Waals surface area contributed by atoms with Gasteiger partial charge in [0.2, 0.25) is 0 Å². The molecule has 0 bridgehead atoms. The van der Waals surface area contributed by atoms with E-state index in [9.17, 15) is 12.9 Å². The van der Waals surface area contributed by atoms with Crippen molar-refractivity contribution in [1.29, 1.82) is 0 Å². The fraction of sp³-hybridized carbons (Fsp3) is 0. The minimum absolute atomic E-state index is 0. The Labute approximate surface area is 91.9 Å². The normalized spacial score (nSPS) is 8.50. The molecule has 0 spiro atoms. The van der Waals surface area contributed by atoms with E-state index in [2.05, 4.69) is 3.87 Å². The van der Waals surface area contributed by atoms with E-state index < -0.39 is 19.6 Å². The average Bonchev–Trinajstić information content (AvgIpc) is 1.21. The van der Waals surface area contributed by atoms with Crippen molar-refractivity contribution in [2.24, 2.45) is 0 Å². The zero-order valence-corrected chi connectivity index (χ0v) is 5.25. The molecule has 0 rings (SSSR count). The third-order valence-electron chi connectivity index (χ3n) is 0.177. The van der Waals surface area contributed by atoms with Gasteiger partial charge < -0.3 is 8.67 Å². The maximum atomic E-state index is 9.44. The Morgan fingerprint density at radius 1 is 1.40 bits per heavy atom. The standard InChI is InChI=1S/Al.Na.H2O6SSi.4H/c;;1-7(2,3)6-8(4)5;;;;/h;;4H,(H,1,2,3);;;;. The molecule has 10 heteroatoms. The quantitative estimate of drug-likeness (QED) is 0.362. The topological polar surface area (TPSA) is 101 Å². The zero-order chi connectivity index (χ0) is 6.78. The Morgan fingerprint density at radius 3 is 1.70 bits per heavy atom. The zero-order valence-electron chi connectivity index (χ0n) is 3.44. The number of hydrogen-bond acceptors (Lipinski definition) is 4. The second-order valence-corrected chi connectivity index (χ2v) is 2.83. The van der Waals surface area contributed by atoms with E-state index in [1.807, 2.05) is 0 Å². The van der Waals surface area contributed by atoms with Crippen LogP contribution >= 0.6 is 0 Å². The van der Waals surface area contributed by atoms with Gasteiger partial charge in [0.15, 0.2) is 17.4 Å². The fourth-order valence-corrected chi connectivity index (χ4v) is 0.811. The first-order chi connectivity index (χ1) is 3.42. The Balaban J connectivity index is -0.000000245. The third kappa shape index (κ3) is 16.0. The van der Waals surface area contributed by atoms with Crippen LogP contribution in [0.15, 0.2) is 0 Å². The Kier molecular flexibility index (Phi) is 11.6. The van der Waals surface area contributed by atoms with Crippen molar-refractivity contribution in [3.8, 4) is 0 Å². The van der Waals surface area contributed by atoms with Crippen LogP contribution in [0.1, 0.15) is 0 Å². The third-order valence-corrected chi connectivity index (χ3v) is 1.59. The van der Waals surface area contributed by atoms with E-state index in [4.69, 9.17) is 9.35 Å². The second kappa shape index (κ2) is 6.75. The first-order valence-corrected chi connectivity index (χ1v) is 3.94. The summed E-state index contributed by atoms with van der Waals surface area (Å²) in [7, 11) is -8.32. The predicted octanol–water partition coefficient (Wildman–Crippen LogP) is -3.62. The maximum absolute atomic E-state index is 9.44. The molecule has 0 aromatic heterocycles. The van der Waals surface area contributed by atoms with Gasteiger partial charge in [-0.2, -0.15) is 8.42 Å². The van der Waals surface area contributed by atoms with Gasteiger partial charge in [0.1, 0.15) is 0 Å². The molecule has 0 amide bonds. The van der Waals surface area contributed by atoms with Crippen LogP contribution in [-0.4, -0.2) is 73.9 Å². The van der Waals surface area contributed by atoms with Crippen molar-refractivity contribution in [3.63, 3.8) is 0 Å². The molecule has 0 aliphatic heterocycles. The van der Waals surface area contributed by atoms with E-state index in [0.29, 0.717) is 0 Å². The van der Waals surface area contributed by atoms with E-state index in [1.54, 1.807) is 0 Å². The summed E-state index contributed by atoms with van der Waals surface area (Å²) in [5.74, 6) is 0. The van der Waals surface area contributed by atoms with Crippen molar-refractivity contribution < 1.29 is 26.1 Å². The second-order valence-electron chi connectivity index (χ2n) is 0.777. The average molecular weight is 212 g/mol. The summed E-state index contributed by atoms with van der Waals surface area (Å²) in [5, 5.41) is 0. The van der Waals surface area contributed by atoms with Crippen LogP contribution in [0.5, 0.6) is 0 Å². The summed E-state index contributed by atoms with van der Waals surface area (Å²) >= 11 is 0. The molecule has 56 valence electrons. The molecular formula is H6AlNaO6SSi. The van der Waals surface area contributed by atoms with Crippen molar-refractivity contribution in [1.82, 2.24) is 0 Å².